The lowest BCUT2D eigenvalue weighted by molar-refractivity contribution is 0.0616. The van der Waals surface area contributed by atoms with Crippen LogP contribution >= 0.6 is 11.6 Å². The van der Waals surface area contributed by atoms with Crippen molar-refractivity contribution in [3.8, 4) is 28.6 Å². The van der Waals surface area contributed by atoms with Gasteiger partial charge in [-0.1, -0.05) is 53.2 Å². The van der Waals surface area contributed by atoms with Gasteiger partial charge >= 0.3 is 0 Å². The van der Waals surface area contributed by atoms with Crippen molar-refractivity contribution in [1.82, 2.24) is 19.9 Å². The van der Waals surface area contributed by atoms with Crippen LogP contribution in [0.5, 0.6) is 0 Å². The Bertz CT molecular complexity index is 1390. The van der Waals surface area contributed by atoms with Crippen LogP contribution in [0.3, 0.4) is 0 Å². The summed E-state index contributed by atoms with van der Waals surface area (Å²) < 4.78 is 5.44. The summed E-state index contributed by atoms with van der Waals surface area (Å²) in [5, 5.41) is 14.2. The number of hydrogen-bond acceptors (Lipinski definition) is 6. The monoisotopic (exact) mass is 483 g/mol. The van der Waals surface area contributed by atoms with E-state index in [1.807, 2.05) is 59.5 Å². The lowest BCUT2D eigenvalue weighted by Gasteiger charge is -2.34. The fourth-order valence-electron chi connectivity index (χ4n) is 4.23. The highest BCUT2D eigenvalue weighted by Crippen LogP contribution is 2.28. The van der Waals surface area contributed by atoms with E-state index >= 15 is 0 Å². The Hall–Kier alpha value is -3.99. The van der Waals surface area contributed by atoms with Gasteiger partial charge in [0.1, 0.15) is 0 Å². The quantitative estimate of drug-likeness (QED) is 0.402. The second-order valence-electron chi connectivity index (χ2n) is 8.29. The van der Waals surface area contributed by atoms with E-state index < -0.39 is 0 Å². The van der Waals surface area contributed by atoms with Crippen LogP contribution in [0.15, 0.2) is 77.3 Å². The van der Waals surface area contributed by atoms with Crippen molar-refractivity contribution in [2.75, 3.05) is 26.2 Å². The second-order valence-corrected chi connectivity index (χ2v) is 8.73. The van der Waals surface area contributed by atoms with Gasteiger partial charge in [-0.2, -0.15) is 10.2 Å². The molecule has 0 bridgehead atoms. The van der Waals surface area contributed by atoms with E-state index in [0.717, 1.165) is 16.7 Å². The van der Waals surface area contributed by atoms with Crippen molar-refractivity contribution in [1.29, 1.82) is 5.26 Å². The van der Waals surface area contributed by atoms with Gasteiger partial charge in [0.15, 0.2) is 0 Å². The third kappa shape index (κ3) is 4.94. The normalized spacial score (nSPS) is 14.0. The Morgan fingerprint density at radius 3 is 2.37 bits per heavy atom. The lowest BCUT2D eigenvalue weighted by Crippen LogP contribution is -2.48. The molecule has 35 heavy (non-hydrogen) atoms. The molecule has 1 aliphatic rings. The predicted molar refractivity (Wildman–Crippen MR) is 133 cm³/mol. The highest BCUT2D eigenvalue weighted by atomic mass is 35.5. The number of halogens is 1. The molecular formula is C27H22ClN5O2. The summed E-state index contributed by atoms with van der Waals surface area (Å²) in [4.78, 5) is 22.0. The van der Waals surface area contributed by atoms with Crippen molar-refractivity contribution < 1.29 is 9.32 Å². The second kappa shape index (κ2) is 10.1. The average molecular weight is 484 g/mol. The summed E-state index contributed by atoms with van der Waals surface area (Å²) in [7, 11) is 0. The Kier molecular flexibility index (Phi) is 6.57. The molecule has 4 aromatic rings. The van der Waals surface area contributed by atoms with Gasteiger partial charge in [0.25, 0.3) is 5.91 Å². The molecule has 0 saturated carbocycles. The Morgan fingerprint density at radius 1 is 0.943 bits per heavy atom. The summed E-state index contributed by atoms with van der Waals surface area (Å²) in [6, 6.07) is 24.3. The van der Waals surface area contributed by atoms with Gasteiger partial charge in [-0.15, -0.1) is 0 Å². The minimum absolute atomic E-state index is 0.0317. The zero-order valence-corrected chi connectivity index (χ0v) is 19.7. The molecular weight excluding hydrogens is 462 g/mol. The van der Waals surface area contributed by atoms with E-state index in [0.29, 0.717) is 60.6 Å². The van der Waals surface area contributed by atoms with Crippen molar-refractivity contribution in [2.45, 2.75) is 6.54 Å². The summed E-state index contributed by atoms with van der Waals surface area (Å²) in [5.41, 5.74) is 3.54. The first-order valence-electron chi connectivity index (χ1n) is 11.3. The zero-order valence-electron chi connectivity index (χ0n) is 18.9. The number of aromatic nitrogens is 2. The molecule has 0 unspecified atom stereocenters. The number of piperazine rings is 1. The first-order chi connectivity index (χ1) is 17.1. The van der Waals surface area contributed by atoms with Crippen LogP contribution in [-0.4, -0.2) is 52.0 Å². The fourth-order valence-corrected chi connectivity index (χ4v) is 4.35. The number of nitrogens with zero attached hydrogens (tertiary/aromatic N) is 5. The Labute approximate surface area is 208 Å². The van der Waals surface area contributed by atoms with Crippen molar-refractivity contribution in [3.63, 3.8) is 0 Å². The molecule has 1 saturated heterocycles. The van der Waals surface area contributed by atoms with Crippen molar-refractivity contribution in [3.05, 3.63) is 94.8 Å². The first kappa shape index (κ1) is 22.8. The molecule has 0 spiro atoms. The fraction of sp³-hybridized carbons (Fsp3) is 0.185. The molecule has 0 N–H and O–H groups in total. The van der Waals surface area contributed by atoms with Gasteiger partial charge in [0.05, 0.1) is 18.2 Å². The number of hydrogen-bond donors (Lipinski definition) is 0. The first-order valence-corrected chi connectivity index (χ1v) is 11.7. The van der Waals surface area contributed by atoms with Crippen LogP contribution < -0.4 is 0 Å². The molecule has 3 aromatic carbocycles. The van der Waals surface area contributed by atoms with Gasteiger partial charge in [0, 0.05) is 47.9 Å². The van der Waals surface area contributed by atoms with E-state index in [1.54, 1.807) is 18.2 Å². The van der Waals surface area contributed by atoms with Gasteiger partial charge in [-0.3, -0.25) is 9.69 Å². The van der Waals surface area contributed by atoms with Crippen molar-refractivity contribution >= 4 is 17.5 Å². The number of amides is 1. The third-order valence-corrected chi connectivity index (χ3v) is 6.34. The Morgan fingerprint density at radius 2 is 1.63 bits per heavy atom. The number of nitriles is 1. The average Bonchev–Trinajstić information content (AvgIpc) is 3.37. The van der Waals surface area contributed by atoms with Gasteiger partial charge in [-0.25, -0.2) is 0 Å². The maximum atomic E-state index is 13.4. The summed E-state index contributed by atoms with van der Waals surface area (Å²) >= 11 is 5.95. The topological polar surface area (TPSA) is 86.3 Å². The van der Waals surface area contributed by atoms with E-state index in [2.05, 4.69) is 21.1 Å². The summed E-state index contributed by atoms with van der Waals surface area (Å²) in [6.07, 6.45) is 0. The standard InChI is InChI=1S/C27H22ClN5O2/c28-21-11-9-19(10-12-21)26-30-25(35-31-26)18-32-13-15-33(16-14-32)27(34)24-8-4-3-7-23(24)22-6-2-1-5-20(22)17-29/h1-12H,13-16,18H2. The summed E-state index contributed by atoms with van der Waals surface area (Å²) in [6.45, 7) is 3.09. The van der Waals surface area contributed by atoms with Crippen LogP contribution in [0, 0.1) is 11.3 Å². The van der Waals surface area contributed by atoms with Crippen LogP contribution in [-0.2, 0) is 6.54 Å². The number of rotatable bonds is 5. The molecule has 8 heteroatoms. The molecule has 1 fully saturated rings. The minimum atomic E-state index is -0.0317. The maximum absolute atomic E-state index is 13.4. The lowest BCUT2D eigenvalue weighted by atomic mass is 9.95. The molecule has 1 aliphatic heterocycles. The van der Waals surface area contributed by atoms with E-state index in [-0.39, 0.29) is 5.91 Å². The largest absolute Gasteiger partial charge is 0.338 e. The molecule has 2 heterocycles. The highest BCUT2D eigenvalue weighted by Gasteiger charge is 2.25. The zero-order chi connectivity index (χ0) is 24.2. The van der Waals surface area contributed by atoms with E-state index in [9.17, 15) is 10.1 Å². The molecule has 0 aliphatic carbocycles. The van der Waals surface area contributed by atoms with Crippen LogP contribution in [0.4, 0.5) is 0 Å². The van der Waals surface area contributed by atoms with Crippen LogP contribution in [0.2, 0.25) is 5.02 Å². The molecule has 1 amide bonds. The third-order valence-electron chi connectivity index (χ3n) is 6.08. The van der Waals surface area contributed by atoms with Crippen LogP contribution in [0.25, 0.3) is 22.5 Å². The highest BCUT2D eigenvalue weighted by molar-refractivity contribution is 6.30. The SMILES string of the molecule is N#Cc1ccccc1-c1ccccc1C(=O)N1CCN(Cc2nc(-c3ccc(Cl)cc3)no2)CC1. The number of carbonyl (C=O) groups is 1. The Balaban J connectivity index is 1.24. The molecule has 0 atom stereocenters. The van der Waals surface area contributed by atoms with Crippen LogP contribution in [0.1, 0.15) is 21.8 Å². The van der Waals surface area contributed by atoms with Gasteiger partial charge < -0.3 is 9.42 Å². The molecule has 1 aromatic heterocycles. The minimum Gasteiger partial charge on any atom is -0.338 e. The van der Waals surface area contributed by atoms with E-state index in [1.165, 1.54) is 0 Å². The number of benzene rings is 3. The summed E-state index contributed by atoms with van der Waals surface area (Å²) in [5.74, 6) is 1.03. The van der Waals surface area contributed by atoms with Gasteiger partial charge in [0.2, 0.25) is 11.7 Å². The molecule has 174 valence electrons. The van der Waals surface area contributed by atoms with Gasteiger partial charge in [-0.05, 0) is 42.0 Å². The van der Waals surface area contributed by atoms with Crippen molar-refractivity contribution in [2.24, 2.45) is 0 Å². The number of carbonyl (C=O) groups excluding carboxylic acids is 1. The van der Waals surface area contributed by atoms with E-state index in [4.69, 9.17) is 16.1 Å². The maximum Gasteiger partial charge on any atom is 0.254 e. The molecule has 5 rings (SSSR count). The molecule has 0 radical (unpaired) electrons. The molecule has 7 nitrogen and oxygen atoms in total. The smallest absolute Gasteiger partial charge is 0.254 e. The predicted octanol–water partition coefficient (Wildman–Crippen LogP) is 4.89.